The normalized spacial score (nSPS) is 10.5. The second kappa shape index (κ2) is 6.15. The molecule has 2 heterocycles. The average molecular weight is 315 g/mol. The van der Waals surface area contributed by atoms with Crippen LogP contribution in [0.1, 0.15) is 0 Å². The summed E-state index contributed by atoms with van der Waals surface area (Å²) in [5, 5.41) is 2.07. The Bertz CT molecular complexity index is 737. The molecule has 22 heavy (non-hydrogen) atoms. The van der Waals surface area contributed by atoms with Gasteiger partial charge in [-0.1, -0.05) is 6.07 Å². The van der Waals surface area contributed by atoms with Gasteiger partial charge in [-0.2, -0.15) is 0 Å². The first-order valence-corrected chi connectivity index (χ1v) is 7.68. The molecular weight excluding hydrogens is 298 g/mol. The van der Waals surface area contributed by atoms with Gasteiger partial charge in [0, 0.05) is 18.3 Å². The van der Waals surface area contributed by atoms with Gasteiger partial charge in [0.1, 0.15) is 0 Å². The molecule has 5 heteroatoms. The van der Waals surface area contributed by atoms with Gasteiger partial charge in [-0.15, -0.1) is 11.3 Å². The fourth-order valence-corrected chi connectivity index (χ4v) is 3.19. The number of nitrogens with zero attached hydrogens (tertiary/aromatic N) is 1. The Morgan fingerprint density at radius 1 is 0.909 bits per heavy atom. The molecule has 1 aromatic carbocycles. The number of thiophene rings is 1. The maximum Gasteiger partial charge on any atom is 0.203 e. The predicted molar refractivity (Wildman–Crippen MR) is 88.7 cm³/mol. The Labute approximate surface area is 133 Å². The number of rotatable bonds is 5. The van der Waals surface area contributed by atoms with E-state index >= 15 is 0 Å². The van der Waals surface area contributed by atoms with Crippen molar-refractivity contribution in [1.29, 1.82) is 0 Å². The molecule has 0 amide bonds. The van der Waals surface area contributed by atoms with Crippen molar-refractivity contribution in [3.63, 3.8) is 0 Å². The number of hydrogen-bond donors (Lipinski definition) is 0. The Morgan fingerprint density at radius 3 is 2.18 bits per heavy atom. The van der Waals surface area contributed by atoms with E-state index < -0.39 is 0 Å². The lowest BCUT2D eigenvalue weighted by Gasteiger charge is -2.16. The molecule has 0 aliphatic heterocycles. The highest BCUT2D eigenvalue weighted by atomic mass is 32.1. The van der Waals surface area contributed by atoms with Crippen LogP contribution in [0, 0.1) is 0 Å². The van der Waals surface area contributed by atoms with E-state index in [1.54, 1.807) is 32.7 Å². The van der Waals surface area contributed by atoms with Crippen molar-refractivity contribution in [2.45, 2.75) is 0 Å². The molecule has 0 bridgehead atoms. The van der Waals surface area contributed by atoms with Crippen molar-refractivity contribution < 1.29 is 14.2 Å². The van der Waals surface area contributed by atoms with Crippen LogP contribution in [-0.4, -0.2) is 25.9 Å². The maximum absolute atomic E-state index is 5.43. The van der Waals surface area contributed by atoms with E-state index in [4.69, 9.17) is 14.2 Å². The standard InChI is InChI=1S/C17H17NO3S/c1-19-14-10-12(11-15(20-2)17(14)21-3)18-8-4-6-13(18)16-7-5-9-22-16/h4-11H,1-3H3. The topological polar surface area (TPSA) is 32.6 Å². The van der Waals surface area contributed by atoms with E-state index in [-0.39, 0.29) is 0 Å². The van der Waals surface area contributed by atoms with Gasteiger partial charge in [-0.25, -0.2) is 0 Å². The van der Waals surface area contributed by atoms with E-state index in [1.807, 2.05) is 30.5 Å². The van der Waals surface area contributed by atoms with Crippen LogP contribution in [0.5, 0.6) is 17.2 Å². The molecule has 0 radical (unpaired) electrons. The highest BCUT2D eigenvalue weighted by molar-refractivity contribution is 7.13. The summed E-state index contributed by atoms with van der Waals surface area (Å²) >= 11 is 1.71. The Hall–Kier alpha value is -2.40. The van der Waals surface area contributed by atoms with Crippen LogP contribution in [-0.2, 0) is 0 Å². The first kappa shape index (κ1) is 14.5. The van der Waals surface area contributed by atoms with Gasteiger partial charge in [-0.05, 0) is 23.6 Å². The van der Waals surface area contributed by atoms with E-state index in [0.717, 1.165) is 11.4 Å². The van der Waals surface area contributed by atoms with Crippen molar-refractivity contribution in [3.8, 4) is 33.5 Å². The summed E-state index contributed by atoms with van der Waals surface area (Å²) in [4.78, 5) is 1.21. The first-order chi connectivity index (χ1) is 10.8. The minimum Gasteiger partial charge on any atom is -0.493 e. The summed E-state index contributed by atoms with van der Waals surface area (Å²) < 4.78 is 18.3. The fourth-order valence-electron chi connectivity index (χ4n) is 2.44. The number of hydrogen-bond acceptors (Lipinski definition) is 4. The van der Waals surface area contributed by atoms with Crippen LogP contribution in [0.3, 0.4) is 0 Å². The van der Waals surface area contributed by atoms with Gasteiger partial charge >= 0.3 is 0 Å². The lowest BCUT2D eigenvalue weighted by Crippen LogP contribution is -2.00. The monoisotopic (exact) mass is 315 g/mol. The van der Waals surface area contributed by atoms with Gasteiger partial charge in [0.15, 0.2) is 11.5 Å². The smallest absolute Gasteiger partial charge is 0.203 e. The van der Waals surface area contributed by atoms with Crippen molar-refractivity contribution in [3.05, 3.63) is 48.0 Å². The quantitative estimate of drug-likeness (QED) is 0.706. The van der Waals surface area contributed by atoms with Crippen LogP contribution < -0.4 is 14.2 Å². The number of aromatic nitrogens is 1. The molecule has 0 unspecified atom stereocenters. The van der Waals surface area contributed by atoms with Crippen LogP contribution >= 0.6 is 11.3 Å². The highest BCUT2D eigenvalue weighted by Crippen LogP contribution is 2.40. The zero-order chi connectivity index (χ0) is 15.5. The van der Waals surface area contributed by atoms with E-state index in [1.165, 1.54) is 4.88 Å². The SMILES string of the molecule is COc1cc(-n2cccc2-c2cccs2)cc(OC)c1OC. The van der Waals surface area contributed by atoms with Gasteiger partial charge in [-0.3, -0.25) is 0 Å². The molecule has 0 aliphatic rings. The number of methoxy groups -OCH3 is 3. The van der Waals surface area contributed by atoms with Crippen LogP contribution in [0.4, 0.5) is 0 Å². The van der Waals surface area contributed by atoms with Gasteiger partial charge in [0.2, 0.25) is 5.75 Å². The van der Waals surface area contributed by atoms with E-state index in [2.05, 4.69) is 22.1 Å². The predicted octanol–water partition coefficient (Wildman–Crippen LogP) is 4.23. The molecule has 0 saturated heterocycles. The minimum absolute atomic E-state index is 0.596. The largest absolute Gasteiger partial charge is 0.493 e. The molecule has 3 rings (SSSR count). The highest BCUT2D eigenvalue weighted by Gasteiger charge is 2.15. The molecule has 2 aromatic heterocycles. The summed E-state index contributed by atoms with van der Waals surface area (Å²) in [5.41, 5.74) is 2.09. The molecule has 0 fully saturated rings. The molecule has 114 valence electrons. The third kappa shape index (κ3) is 2.44. The zero-order valence-corrected chi connectivity index (χ0v) is 13.5. The van der Waals surface area contributed by atoms with E-state index in [0.29, 0.717) is 17.2 Å². The average Bonchev–Trinajstić information content (AvgIpc) is 3.23. The summed E-state index contributed by atoms with van der Waals surface area (Å²) in [6.07, 6.45) is 2.02. The molecule has 0 saturated carbocycles. The second-order valence-corrected chi connectivity index (χ2v) is 5.57. The third-order valence-corrected chi connectivity index (χ3v) is 4.34. The first-order valence-electron chi connectivity index (χ1n) is 6.80. The van der Waals surface area contributed by atoms with Gasteiger partial charge < -0.3 is 18.8 Å². The van der Waals surface area contributed by atoms with Gasteiger partial charge in [0.05, 0.1) is 37.6 Å². The summed E-state index contributed by atoms with van der Waals surface area (Å²) in [6, 6.07) is 12.2. The lowest BCUT2D eigenvalue weighted by atomic mass is 10.2. The molecule has 0 spiro atoms. The molecule has 0 N–H and O–H groups in total. The van der Waals surface area contributed by atoms with Crippen molar-refractivity contribution in [2.24, 2.45) is 0 Å². The maximum atomic E-state index is 5.43. The molecular formula is C17H17NO3S. The molecule has 4 nitrogen and oxygen atoms in total. The Kier molecular flexibility index (Phi) is 4.06. The summed E-state index contributed by atoms with van der Waals surface area (Å²) in [5.74, 6) is 1.88. The second-order valence-electron chi connectivity index (χ2n) is 4.62. The van der Waals surface area contributed by atoms with Crippen LogP contribution in [0.15, 0.2) is 48.0 Å². The van der Waals surface area contributed by atoms with Crippen molar-refractivity contribution >= 4 is 11.3 Å². The van der Waals surface area contributed by atoms with Crippen LogP contribution in [0.2, 0.25) is 0 Å². The lowest BCUT2D eigenvalue weighted by molar-refractivity contribution is 0.324. The van der Waals surface area contributed by atoms with Crippen molar-refractivity contribution in [2.75, 3.05) is 21.3 Å². The summed E-state index contributed by atoms with van der Waals surface area (Å²) in [7, 11) is 4.85. The van der Waals surface area contributed by atoms with Gasteiger partial charge in [0.25, 0.3) is 0 Å². The Morgan fingerprint density at radius 2 is 1.64 bits per heavy atom. The molecule has 3 aromatic rings. The minimum atomic E-state index is 0.596. The fraction of sp³-hybridized carbons (Fsp3) is 0.176. The van der Waals surface area contributed by atoms with Crippen molar-refractivity contribution in [1.82, 2.24) is 4.57 Å². The third-order valence-electron chi connectivity index (χ3n) is 3.45. The molecule has 0 aliphatic carbocycles. The zero-order valence-electron chi connectivity index (χ0n) is 12.7. The summed E-state index contributed by atoms with van der Waals surface area (Å²) in [6.45, 7) is 0. The molecule has 0 atom stereocenters. The number of benzene rings is 1. The van der Waals surface area contributed by atoms with E-state index in [9.17, 15) is 0 Å². The Balaban J connectivity index is 2.16. The number of ether oxygens (including phenoxy) is 3. The van der Waals surface area contributed by atoms with Crippen LogP contribution in [0.25, 0.3) is 16.3 Å².